The average molecular weight is 301 g/mol. The molecule has 0 saturated heterocycles. The van der Waals surface area contributed by atoms with Gasteiger partial charge in [0.15, 0.2) is 0 Å². The summed E-state index contributed by atoms with van der Waals surface area (Å²) in [5.41, 5.74) is 2.74. The Morgan fingerprint density at radius 1 is 1.43 bits per heavy atom. The van der Waals surface area contributed by atoms with Gasteiger partial charge in [-0.1, -0.05) is 17.7 Å². The second kappa shape index (κ2) is 5.77. The first-order valence-corrected chi connectivity index (χ1v) is 7.69. The van der Waals surface area contributed by atoms with Gasteiger partial charge in [0.2, 0.25) is 0 Å². The van der Waals surface area contributed by atoms with Gasteiger partial charge in [-0.25, -0.2) is 9.78 Å². The van der Waals surface area contributed by atoms with Gasteiger partial charge in [0.05, 0.1) is 10.6 Å². The third-order valence-electron chi connectivity index (χ3n) is 3.36. The summed E-state index contributed by atoms with van der Waals surface area (Å²) < 4.78 is 5.90. The van der Waals surface area contributed by atoms with E-state index in [1.165, 1.54) is 35.2 Å². The highest BCUT2D eigenvalue weighted by atomic mass is 32.2. The van der Waals surface area contributed by atoms with Crippen LogP contribution in [0.4, 0.5) is 0 Å². The lowest BCUT2D eigenvalue weighted by atomic mass is 10.1. The first-order valence-electron chi connectivity index (χ1n) is 6.70. The van der Waals surface area contributed by atoms with Crippen molar-refractivity contribution in [1.29, 1.82) is 0 Å². The van der Waals surface area contributed by atoms with Crippen LogP contribution in [0.3, 0.4) is 0 Å². The molecular formula is C16H15NO3S. The minimum Gasteiger partial charge on any atom is -0.489 e. The maximum Gasteiger partial charge on any atom is 0.335 e. The third-order valence-corrected chi connectivity index (χ3v) is 4.41. The van der Waals surface area contributed by atoms with Gasteiger partial charge in [0, 0.05) is 18.4 Å². The monoisotopic (exact) mass is 301 g/mol. The van der Waals surface area contributed by atoms with Gasteiger partial charge in [-0.15, -0.1) is 11.8 Å². The Balaban J connectivity index is 1.62. The van der Waals surface area contributed by atoms with Crippen molar-refractivity contribution in [2.75, 3.05) is 5.75 Å². The largest absolute Gasteiger partial charge is 0.489 e. The molecule has 2 aromatic rings. The summed E-state index contributed by atoms with van der Waals surface area (Å²) in [6.07, 6.45) is 2.53. The molecule has 0 saturated carbocycles. The zero-order valence-corrected chi connectivity index (χ0v) is 12.4. The minimum atomic E-state index is -0.931. The maximum absolute atomic E-state index is 10.9. The topological polar surface area (TPSA) is 59.4 Å². The third kappa shape index (κ3) is 3.19. The fraction of sp³-hybridized carbons (Fsp3) is 0.250. The molecular weight excluding hydrogens is 286 g/mol. The Labute approximate surface area is 127 Å². The molecule has 0 radical (unpaired) electrons. The lowest BCUT2D eigenvalue weighted by Gasteiger charge is -2.09. The number of fused-ring (bicyclic) bond motifs is 1. The van der Waals surface area contributed by atoms with Gasteiger partial charge in [-0.3, -0.25) is 0 Å². The van der Waals surface area contributed by atoms with Crippen LogP contribution in [0.15, 0.2) is 41.6 Å². The Kier molecular flexibility index (Phi) is 3.84. The number of benzene rings is 1. The van der Waals surface area contributed by atoms with Crippen molar-refractivity contribution in [3.8, 4) is 5.75 Å². The number of carboxylic acid groups (broad SMARTS) is 1. The van der Waals surface area contributed by atoms with E-state index in [1.807, 2.05) is 12.1 Å². The number of rotatable bonds is 4. The van der Waals surface area contributed by atoms with Crippen molar-refractivity contribution < 1.29 is 14.6 Å². The van der Waals surface area contributed by atoms with Crippen LogP contribution in [0.1, 0.15) is 21.5 Å². The summed E-state index contributed by atoms with van der Waals surface area (Å²) >= 11 is 1.52. The van der Waals surface area contributed by atoms with Crippen molar-refractivity contribution in [3.63, 3.8) is 0 Å². The molecule has 3 rings (SSSR count). The van der Waals surface area contributed by atoms with Gasteiger partial charge < -0.3 is 9.84 Å². The molecule has 0 spiro atoms. The maximum atomic E-state index is 10.9. The summed E-state index contributed by atoms with van der Waals surface area (Å²) in [6, 6.07) is 9.31. The van der Waals surface area contributed by atoms with Gasteiger partial charge in [-0.05, 0) is 30.7 Å². The number of ether oxygens (including phenoxy) is 1. The number of thioether (sulfide) groups is 1. The lowest BCUT2D eigenvalue weighted by Crippen LogP contribution is -2.16. The Hall–Kier alpha value is -2.01. The van der Waals surface area contributed by atoms with Crippen LogP contribution in [0.5, 0.6) is 5.75 Å². The minimum absolute atomic E-state index is 0.113. The fourth-order valence-corrected chi connectivity index (χ4v) is 3.23. The summed E-state index contributed by atoms with van der Waals surface area (Å²) in [5.74, 6) is 0.779. The van der Waals surface area contributed by atoms with E-state index in [4.69, 9.17) is 9.84 Å². The number of aromatic nitrogens is 1. The predicted molar refractivity (Wildman–Crippen MR) is 81.2 cm³/mol. The number of hydrogen-bond donors (Lipinski definition) is 1. The standard InChI is InChI=1S/C16H15NO3S/c1-10-2-3-14-12(6-10)7-13(20-14)9-21-15-8-11(16(18)19)4-5-17-15/h2-6,8,13H,7,9H2,1H3,(H,18,19). The molecule has 1 aliphatic heterocycles. The number of carbonyl (C=O) groups is 1. The van der Waals surface area contributed by atoms with E-state index in [-0.39, 0.29) is 11.7 Å². The molecule has 1 aliphatic rings. The first kappa shape index (κ1) is 13.9. The molecule has 2 heterocycles. The summed E-state index contributed by atoms with van der Waals surface area (Å²) in [6.45, 7) is 2.07. The van der Waals surface area contributed by atoms with Gasteiger partial charge in [0.1, 0.15) is 11.9 Å². The second-order valence-electron chi connectivity index (χ2n) is 5.05. The quantitative estimate of drug-likeness (QED) is 0.879. The van der Waals surface area contributed by atoms with Crippen LogP contribution in [0.2, 0.25) is 0 Å². The van der Waals surface area contributed by atoms with Crippen LogP contribution in [-0.4, -0.2) is 27.9 Å². The number of aryl methyl sites for hydroxylation is 1. The van der Waals surface area contributed by atoms with E-state index in [9.17, 15) is 4.79 Å². The van der Waals surface area contributed by atoms with Crippen molar-refractivity contribution in [1.82, 2.24) is 4.98 Å². The van der Waals surface area contributed by atoms with Crippen LogP contribution in [0.25, 0.3) is 0 Å². The molecule has 21 heavy (non-hydrogen) atoms. The highest BCUT2D eigenvalue weighted by Crippen LogP contribution is 2.31. The molecule has 0 aliphatic carbocycles. The summed E-state index contributed by atoms with van der Waals surface area (Å²) in [5, 5.41) is 9.69. The molecule has 1 aromatic heterocycles. The highest BCUT2D eigenvalue weighted by Gasteiger charge is 2.23. The van der Waals surface area contributed by atoms with Gasteiger partial charge in [0.25, 0.3) is 0 Å². The molecule has 1 unspecified atom stereocenters. The van der Waals surface area contributed by atoms with Gasteiger partial charge >= 0.3 is 5.97 Å². The number of hydrogen-bond acceptors (Lipinski definition) is 4. The highest BCUT2D eigenvalue weighted by molar-refractivity contribution is 7.99. The van der Waals surface area contributed by atoms with E-state index in [0.717, 1.165) is 17.9 Å². The van der Waals surface area contributed by atoms with Crippen molar-refractivity contribution in [2.45, 2.75) is 24.5 Å². The lowest BCUT2D eigenvalue weighted by molar-refractivity contribution is 0.0696. The molecule has 1 N–H and O–H groups in total. The van der Waals surface area contributed by atoms with E-state index in [2.05, 4.69) is 18.0 Å². The van der Waals surface area contributed by atoms with Crippen LogP contribution < -0.4 is 4.74 Å². The smallest absolute Gasteiger partial charge is 0.335 e. The molecule has 1 atom stereocenters. The fourth-order valence-electron chi connectivity index (χ4n) is 2.34. The Bertz CT molecular complexity index is 687. The Morgan fingerprint density at radius 3 is 3.10 bits per heavy atom. The first-order chi connectivity index (χ1) is 10.1. The molecule has 0 bridgehead atoms. The van der Waals surface area contributed by atoms with Crippen LogP contribution in [-0.2, 0) is 6.42 Å². The normalized spacial score (nSPS) is 16.3. The summed E-state index contributed by atoms with van der Waals surface area (Å²) in [4.78, 5) is 15.1. The zero-order chi connectivity index (χ0) is 14.8. The predicted octanol–water partition coefficient (Wildman–Crippen LogP) is 3.18. The molecule has 0 fully saturated rings. The molecule has 5 heteroatoms. The average Bonchev–Trinajstić information content (AvgIpc) is 2.87. The molecule has 0 amide bonds. The Morgan fingerprint density at radius 2 is 2.29 bits per heavy atom. The van der Waals surface area contributed by atoms with Crippen molar-refractivity contribution >= 4 is 17.7 Å². The van der Waals surface area contributed by atoms with E-state index in [1.54, 1.807) is 6.07 Å². The number of pyridine rings is 1. The second-order valence-corrected chi connectivity index (χ2v) is 6.09. The van der Waals surface area contributed by atoms with Gasteiger partial charge in [-0.2, -0.15) is 0 Å². The van der Waals surface area contributed by atoms with E-state index >= 15 is 0 Å². The van der Waals surface area contributed by atoms with Crippen molar-refractivity contribution in [3.05, 3.63) is 53.2 Å². The van der Waals surface area contributed by atoms with E-state index < -0.39 is 5.97 Å². The number of nitrogens with zero attached hydrogens (tertiary/aromatic N) is 1. The molecule has 1 aromatic carbocycles. The zero-order valence-electron chi connectivity index (χ0n) is 11.6. The molecule has 4 nitrogen and oxygen atoms in total. The van der Waals surface area contributed by atoms with E-state index in [0.29, 0.717) is 5.03 Å². The number of carboxylic acids is 1. The molecule has 108 valence electrons. The number of aromatic carboxylic acids is 1. The van der Waals surface area contributed by atoms with Crippen molar-refractivity contribution in [2.24, 2.45) is 0 Å². The SMILES string of the molecule is Cc1ccc2c(c1)CC(CSc1cc(C(=O)O)ccn1)O2. The van der Waals surface area contributed by atoms with Crippen LogP contribution >= 0.6 is 11.8 Å². The van der Waals surface area contributed by atoms with Crippen LogP contribution in [0, 0.1) is 6.92 Å². The summed E-state index contributed by atoms with van der Waals surface area (Å²) in [7, 11) is 0.